The summed E-state index contributed by atoms with van der Waals surface area (Å²) in [4.78, 5) is 0. The van der Waals surface area contributed by atoms with Crippen LogP contribution in [0.5, 0.6) is 0 Å². The lowest BCUT2D eigenvalue weighted by Gasteiger charge is -1.99. The molecule has 1 heteroatoms. The van der Waals surface area contributed by atoms with Gasteiger partial charge in [-0.1, -0.05) is 30.3 Å². The van der Waals surface area contributed by atoms with Crippen molar-refractivity contribution in [3.8, 4) is 0 Å². The summed E-state index contributed by atoms with van der Waals surface area (Å²) in [7, 11) is 0. The summed E-state index contributed by atoms with van der Waals surface area (Å²) < 4.78 is 5.52. The van der Waals surface area contributed by atoms with Gasteiger partial charge in [0.15, 0.2) is 0 Å². The van der Waals surface area contributed by atoms with E-state index < -0.39 is 0 Å². The Balaban J connectivity index is 1.97. The summed E-state index contributed by atoms with van der Waals surface area (Å²) in [5, 5.41) is 0. The smallest absolute Gasteiger partial charge is 0.0651 e. The van der Waals surface area contributed by atoms with Gasteiger partial charge in [-0.15, -0.1) is 0 Å². The molecule has 0 aliphatic heterocycles. The molecule has 1 fully saturated rings. The predicted octanol–water partition coefficient (Wildman–Crippen LogP) is 2.58. The lowest BCUT2D eigenvalue weighted by atomic mass is 10.1. The van der Waals surface area contributed by atoms with Crippen LogP contribution in [0.4, 0.5) is 0 Å². The van der Waals surface area contributed by atoms with Gasteiger partial charge in [-0.05, 0) is 18.9 Å². The van der Waals surface area contributed by atoms with E-state index in [1.165, 1.54) is 12.0 Å². The van der Waals surface area contributed by atoms with Crippen LogP contribution < -0.4 is 0 Å². The van der Waals surface area contributed by atoms with Crippen molar-refractivity contribution in [3.63, 3.8) is 0 Å². The van der Waals surface area contributed by atoms with Gasteiger partial charge in [0.2, 0.25) is 0 Å². The molecule has 0 heterocycles. The summed E-state index contributed by atoms with van der Waals surface area (Å²) in [5.41, 5.74) is 1.43. The summed E-state index contributed by atoms with van der Waals surface area (Å²) in [6.45, 7) is 2.90. The third-order valence-electron chi connectivity index (χ3n) is 2.34. The monoisotopic (exact) mass is 162 g/mol. The van der Waals surface area contributed by atoms with Crippen LogP contribution in [0, 0.1) is 0 Å². The van der Waals surface area contributed by atoms with Gasteiger partial charge in [-0.25, -0.2) is 0 Å². The van der Waals surface area contributed by atoms with Crippen LogP contribution in [-0.4, -0.2) is 12.7 Å². The maximum absolute atomic E-state index is 5.52. The van der Waals surface area contributed by atoms with Crippen LogP contribution in [-0.2, 0) is 4.74 Å². The molecule has 1 saturated carbocycles. The van der Waals surface area contributed by atoms with E-state index in [1.807, 2.05) is 0 Å². The summed E-state index contributed by atoms with van der Waals surface area (Å²) >= 11 is 0. The molecule has 0 saturated heterocycles. The zero-order valence-corrected chi connectivity index (χ0v) is 7.36. The number of hydrogen-bond acceptors (Lipinski definition) is 1. The van der Waals surface area contributed by atoms with E-state index >= 15 is 0 Å². The standard InChI is InChI=1S/C11H14O/c1-2-12-11-8-10(11)9-6-4-3-5-7-9/h3-7,10-11H,2,8H2,1H3/t10-,11-/m0/s1. The maximum atomic E-state index is 5.52. The minimum atomic E-state index is 0.498. The van der Waals surface area contributed by atoms with Gasteiger partial charge < -0.3 is 4.74 Å². The highest BCUT2D eigenvalue weighted by Gasteiger charge is 2.38. The van der Waals surface area contributed by atoms with Crippen LogP contribution >= 0.6 is 0 Å². The molecule has 1 aromatic carbocycles. The molecular weight excluding hydrogens is 148 g/mol. The Bertz CT molecular complexity index is 242. The van der Waals surface area contributed by atoms with E-state index in [4.69, 9.17) is 4.74 Å². The Kier molecular flexibility index (Phi) is 2.13. The maximum Gasteiger partial charge on any atom is 0.0651 e. The number of rotatable bonds is 3. The van der Waals surface area contributed by atoms with E-state index in [0.29, 0.717) is 12.0 Å². The minimum absolute atomic E-state index is 0.498. The van der Waals surface area contributed by atoms with Crippen molar-refractivity contribution < 1.29 is 4.74 Å². The Hall–Kier alpha value is -0.820. The average Bonchev–Trinajstić information content (AvgIpc) is 2.87. The van der Waals surface area contributed by atoms with Gasteiger partial charge in [0, 0.05) is 12.5 Å². The van der Waals surface area contributed by atoms with Crippen LogP contribution in [0.15, 0.2) is 30.3 Å². The topological polar surface area (TPSA) is 9.23 Å². The zero-order valence-electron chi connectivity index (χ0n) is 7.36. The molecule has 0 aromatic heterocycles. The summed E-state index contributed by atoms with van der Waals surface area (Å²) in [6, 6.07) is 10.6. The average molecular weight is 162 g/mol. The van der Waals surface area contributed by atoms with Crippen molar-refractivity contribution in [3.05, 3.63) is 35.9 Å². The molecule has 1 aromatic rings. The molecule has 0 unspecified atom stereocenters. The molecule has 0 bridgehead atoms. The number of benzene rings is 1. The van der Waals surface area contributed by atoms with Crippen molar-refractivity contribution in [2.75, 3.05) is 6.61 Å². The molecule has 2 rings (SSSR count). The molecule has 0 N–H and O–H groups in total. The van der Waals surface area contributed by atoms with Gasteiger partial charge in [-0.2, -0.15) is 0 Å². The molecule has 0 radical (unpaired) electrons. The Morgan fingerprint density at radius 2 is 2.08 bits per heavy atom. The van der Waals surface area contributed by atoms with Gasteiger partial charge in [0.1, 0.15) is 0 Å². The second kappa shape index (κ2) is 3.28. The van der Waals surface area contributed by atoms with Crippen molar-refractivity contribution in [1.82, 2.24) is 0 Å². The number of hydrogen-bond donors (Lipinski definition) is 0. The number of ether oxygens (including phenoxy) is 1. The highest BCUT2D eigenvalue weighted by atomic mass is 16.5. The normalized spacial score (nSPS) is 27.1. The van der Waals surface area contributed by atoms with Crippen LogP contribution in [0.2, 0.25) is 0 Å². The minimum Gasteiger partial charge on any atom is -0.378 e. The SMILES string of the molecule is CCO[C@H]1C[C@H]1c1ccccc1. The highest BCUT2D eigenvalue weighted by Crippen LogP contribution is 2.42. The molecule has 1 aliphatic carbocycles. The molecule has 64 valence electrons. The first-order valence-corrected chi connectivity index (χ1v) is 4.58. The van der Waals surface area contributed by atoms with Gasteiger partial charge in [0.25, 0.3) is 0 Å². The quantitative estimate of drug-likeness (QED) is 0.663. The fourth-order valence-corrected chi connectivity index (χ4v) is 1.62. The highest BCUT2D eigenvalue weighted by molar-refractivity contribution is 5.26. The van der Waals surface area contributed by atoms with Gasteiger partial charge >= 0.3 is 0 Å². The molecule has 0 amide bonds. The first-order valence-electron chi connectivity index (χ1n) is 4.58. The lowest BCUT2D eigenvalue weighted by Crippen LogP contribution is -1.94. The fraction of sp³-hybridized carbons (Fsp3) is 0.455. The second-order valence-corrected chi connectivity index (χ2v) is 3.25. The molecule has 1 nitrogen and oxygen atoms in total. The van der Waals surface area contributed by atoms with Crippen molar-refractivity contribution >= 4 is 0 Å². The van der Waals surface area contributed by atoms with Crippen LogP contribution in [0.3, 0.4) is 0 Å². The molecule has 0 spiro atoms. The van der Waals surface area contributed by atoms with E-state index in [0.717, 1.165) is 6.61 Å². The fourth-order valence-electron chi connectivity index (χ4n) is 1.62. The molecular formula is C11H14O. The van der Waals surface area contributed by atoms with Crippen LogP contribution in [0.25, 0.3) is 0 Å². The largest absolute Gasteiger partial charge is 0.378 e. The zero-order chi connectivity index (χ0) is 8.39. The first-order chi connectivity index (χ1) is 5.92. The van der Waals surface area contributed by atoms with Gasteiger partial charge in [-0.3, -0.25) is 0 Å². The Labute approximate surface area is 73.4 Å². The van der Waals surface area contributed by atoms with Crippen molar-refractivity contribution in [1.29, 1.82) is 0 Å². The van der Waals surface area contributed by atoms with E-state index in [9.17, 15) is 0 Å². The lowest BCUT2D eigenvalue weighted by molar-refractivity contribution is 0.128. The Morgan fingerprint density at radius 3 is 2.75 bits per heavy atom. The third-order valence-corrected chi connectivity index (χ3v) is 2.34. The van der Waals surface area contributed by atoms with E-state index in [1.54, 1.807) is 0 Å². The van der Waals surface area contributed by atoms with Crippen molar-refractivity contribution in [2.45, 2.75) is 25.4 Å². The Morgan fingerprint density at radius 1 is 1.33 bits per heavy atom. The third kappa shape index (κ3) is 1.51. The molecule has 12 heavy (non-hydrogen) atoms. The molecule has 2 atom stereocenters. The second-order valence-electron chi connectivity index (χ2n) is 3.25. The van der Waals surface area contributed by atoms with E-state index in [-0.39, 0.29) is 0 Å². The van der Waals surface area contributed by atoms with E-state index in [2.05, 4.69) is 37.3 Å². The summed E-state index contributed by atoms with van der Waals surface area (Å²) in [5.74, 6) is 0.672. The molecule has 1 aliphatic rings. The summed E-state index contributed by atoms with van der Waals surface area (Å²) in [6.07, 6.45) is 1.70. The predicted molar refractivity (Wildman–Crippen MR) is 49.2 cm³/mol. The first kappa shape index (κ1) is 7.81. The van der Waals surface area contributed by atoms with Gasteiger partial charge in [0.05, 0.1) is 6.10 Å². The van der Waals surface area contributed by atoms with Crippen molar-refractivity contribution in [2.24, 2.45) is 0 Å². The van der Waals surface area contributed by atoms with Crippen LogP contribution in [0.1, 0.15) is 24.8 Å².